The molecule has 0 spiro atoms. The summed E-state index contributed by atoms with van der Waals surface area (Å²) in [6, 6.07) is 10.9. The van der Waals surface area contributed by atoms with Crippen LogP contribution in [-0.2, 0) is 6.42 Å². The van der Waals surface area contributed by atoms with Crippen LogP contribution in [0.4, 0.5) is 10.1 Å². The third-order valence-electron chi connectivity index (χ3n) is 6.51. The van der Waals surface area contributed by atoms with E-state index in [0.717, 1.165) is 19.2 Å². The Kier molecular flexibility index (Phi) is 8.68. The average molecular weight is 526 g/mol. The predicted octanol–water partition coefficient (Wildman–Crippen LogP) is 4.48. The van der Waals surface area contributed by atoms with Crippen LogP contribution in [0.5, 0.6) is 0 Å². The highest BCUT2D eigenvalue weighted by molar-refractivity contribution is 6.34. The number of anilines is 1. The maximum Gasteiger partial charge on any atom is 0.276 e. The molecule has 1 saturated heterocycles. The van der Waals surface area contributed by atoms with E-state index >= 15 is 0 Å². The molecular weight excluding hydrogens is 497 g/mol. The normalized spacial score (nSPS) is 15.8. The lowest BCUT2D eigenvalue weighted by molar-refractivity contribution is 0.0922. The smallest absolute Gasteiger partial charge is 0.276 e. The first kappa shape index (κ1) is 26.5. The van der Waals surface area contributed by atoms with Crippen molar-refractivity contribution in [3.63, 3.8) is 0 Å². The largest absolute Gasteiger partial charge is 0.349 e. The fourth-order valence-corrected chi connectivity index (χ4v) is 4.70. The molecule has 37 heavy (non-hydrogen) atoms. The summed E-state index contributed by atoms with van der Waals surface area (Å²) in [7, 11) is 0. The molecule has 10 heteroatoms. The topological polar surface area (TPSA) is 107 Å². The number of Topliss-reactive ketones (excluding diaryl/α,β-unsaturated/α-hetero) is 1. The summed E-state index contributed by atoms with van der Waals surface area (Å²) < 4.78 is 13.2. The van der Waals surface area contributed by atoms with Crippen LogP contribution in [0.3, 0.4) is 0 Å². The van der Waals surface area contributed by atoms with E-state index in [2.05, 4.69) is 32.4 Å². The lowest BCUT2D eigenvalue weighted by Gasteiger charge is -2.33. The molecule has 0 aliphatic carbocycles. The Bertz CT molecular complexity index is 1280. The molecule has 0 radical (unpaired) electrons. The van der Waals surface area contributed by atoms with E-state index in [1.165, 1.54) is 37.7 Å². The molecular formula is C27H29ClFN5O3. The monoisotopic (exact) mass is 525 g/mol. The van der Waals surface area contributed by atoms with Gasteiger partial charge in [-0.2, -0.15) is 0 Å². The lowest BCUT2D eigenvalue weighted by Crippen LogP contribution is -2.42. The minimum Gasteiger partial charge on any atom is -0.349 e. The molecule has 8 nitrogen and oxygen atoms in total. The number of benzene rings is 2. The lowest BCUT2D eigenvalue weighted by atomic mass is 10.0. The molecule has 1 aromatic heterocycles. The second kappa shape index (κ2) is 12.1. The highest BCUT2D eigenvalue weighted by Gasteiger charge is 2.22. The highest BCUT2D eigenvalue weighted by Crippen LogP contribution is 2.20. The number of carbonyl (C=O) groups is 3. The second-order valence-corrected chi connectivity index (χ2v) is 9.55. The Labute approximate surface area is 219 Å². The van der Waals surface area contributed by atoms with Crippen LogP contribution in [0, 0.1) is 5.82 Å². The molecule has 0 unspecified atom stereocenters. The Morgan fingerprint density at radius 3 is 2.65 bits per heavy atom. The molecule has 1 atom stereocenters. The van der Waals surface area contributed by atoms with Crippen LogP contribution in [0.15, 0.2) is 48.8 Å². The molecule has 4 rings (SSSR count). The summed E-state index contributed by atoms with van der Waals surface area (Å²) in [5.41, 5.74) is 1.52. The van der Waals surface area contributed by atoms with E-state index in [1.54, 1.807) is 24.3 Å². The number of amides is 2. The number of nitrogens with one attached hydrogen (secondary N) is 3. The van der Waals surface area contributed by atoms with Crippen molar-refractivity contribution < 1.29 is 18.8 Å². The Morgan fingerprint density at radius 2 is 1.92 bits per heavy atom. The van der Waals surface area contributed by atoms with Crippen molar-refractivity contribution >= 4 is 34.9 Å². The van der Waals surface area contributed by atoms with E-state index < -0.39 is 11.7 Å². The Morgan fingerprint density at radius 1 is 1.14 bits per heavy atom. The molecule has 2 aromatic carbocycles. The number of carbonyl (C=O) groups excluding carboxylic acids is 3. The molecule has 0 bridgehead atoms. The number of aromatic nitrogens is 2. The van der Waals surface area contributed by atoms with Gasteiger partial charge in [-0.1, -0.05) is 30.2 Å². The number of H-pyrrole nitrogens is 1. The molecule has 194 valence electrons. The van der Waals surface area contributed by atoms with Gasteiger partial charge in [-0.05, 0) is 62.2 Å². The number of piperidine rings is 1. The van der Waals surface area contributed by atoms with Gasteiger partial charge in [-0.3, -0.25) is 19.3 Å². The Balaban J connectivity index is 1.31. The minimum absolute atomic E-state index is 0.00551. The van der Waals surface area contributed by atoms with Crippen molar-refractivity contribution in [1.82, 2.24) is 20.2 Å². The number of likely N-dealkylation sites (tertiary alicyclic amines) is 1. The second-order valence-electron chi connectivity index (χ2n) is 9.14. The van der Waals surface area contributed by atoms with E-state index in [1.807, 2.05) is 0 Å². The maximum atomic E-state index is 13.2. The van der Waals surface area contributed by atoms with E-state index in [9.17, 15) is 18.8 Å². The number of imidazole rings is 1. The van der Waals surface area contributed by atoms with Crippen molar-refractivity contribution in [3.8, 4) is 0 Å². The summed E-state index contributed by atoms with van der Waals surface area (Å²) in [6.07, 6.45) is 4.95. The first-order chi connectivity index (χ1) is 17.8. The fourth-order valence-electron chi connectivity index (χ4n) is 4.42. The molecule has 1 aliphatic heterocycles. The number of hydrogen-bond acceptors (Lipinski definition) is 5. The SMILES string of the molecule is C[C@@H]1CCCCN1CCNC(=O)c1[nH]cnc1C(=O)Nc1ccc(CC(=O)c2ccc(F)cc2Cl)cc1. The van der Waals surface area contributed by atoms with Gasteiger partial charge in [0.25, 0.3) is 11.8 Å². The van der Waals surface area contributed by atoms with Gasteiger partial charge in [-0.25, -0.2) is 9.37 Å². The van der Waals surface area contributed by atoms with Gasteiger partial charge in [0.05, 0.1) is 11.3 Å². The molecule has 1 fully saturated rings. The van der Waals surface area contributed by atoms with Gasteiger partial charge >= 0.3 is 0 Å². The Hall–Kier alpha value is -3.56. The molecule has 2 heterocycles. The quantitative estimate of drug-likeness (QED) is 0.357. The zero-order chi connectivity index (χ0) is 26.4. The van der Waals surface area contributed by atoms with Crippen molar-refractivity contribution in [1.29, 1.82) is 0 Å². The summed E-state index contributed by atoms with van der Waals surface area (Å²) in [4.78, 5) is 47.1. The van der Waals surface area contributed by atoms with Gasteiger partial charge < -0.3 is 15.6 Å². The fraction of sp³-hybridized carbons (Fsp3) is 0.333. The zero-order valence-electron chi connectivity index (χ0n) is 20.5. The van der Waals surface area contributed by atoms with Gasteiger partial charge in [0, 0.05) is 36.8 Å². The number of halogens is 2. The summed E-state index contributed by atoms with van der Waals surface area (Å²) in [5.74, 6) is -1.67. The zero-order valence-corrected chi connectivity index (χ0v) is 21.3. The molecule has 2 amide bonds. The number of hydrogen-bond donors (Lipinski definition) is 3. The van der Waals surface area contributed by atoms with Crippen LogP contribution >= 0.6 is 11.6 Å². The van der Waals surface area contributed by atoms with Crippen LogP contribution in [0.2, 0.25) is 5.02 Å². The van der Waals surface area contributed by atoms with Crippen LogP contribution in [-0.4, -0.2) is 58.1 Å². The van der Waals surface area contributed by atoms with Gasteiger partial charge in [-0.15, -0.1) is 0 Å². The van der Waals surface area contributed by atoms with E-state index in [4.69, 9.17) is 11.6 Å². The minimum atomic E-state index is -0.530. The summed E-state index contributed by atoms with van der Waals surface area (Å²) in [6.45, 7) is 4.46. The average Bonchev–Trinajstić information content (AvgIpc) is 3.37. The van der Waals surface area contributed by atoms with Gasteiger partial charge in [0.2, 0.25) is 0 Å². The first-order valence-electron chi connectivity index (χ1n) is 12.3. The number of aromatic amines is 1. The number of ketones is 1. The standard InChI is InChI=1S/C27H29ClFN5O3/c1-17-4-2-3-12-34(17)13-11-30-26(36)24-25(32-16-31-24)27(37)33-20-8-5-18(6-9-20)14-23(35)21-10-7-19(29)15-22(21)28/h5-10,15-17H,2-4,11-14H2,1H3,(H,30,36)(H,31,32)(H,33,37)/t17-/m1/s1. The van der Waals surface area contributed by atoms with E-state index in [-0.39, 0.29) is 40.1 Å². The molecule has 1 aliphatic rings. The van der Waals surface area contributed by atoms with Crippen LogP contribution < -0.4 is 10.6 Å². The van der Waals surface area contributed by atoms with Crippen molar-refractivity contribution in [2.45, 2.75) is 38.6 Å². The third kappa shape index (κ3) is 6.81. The summed E-state index contributed by atoms with van der Waals surface area (Å²) >= 11 is 5.98. The van der Waals surface area contributed by atoms with Gasteiger partial charge in [0.15, 0.2) is 11.5 Å². The van der Waals surface area contributed by atoms with Crippen molar-refractivity contribution in [3.05, 3.63) is 82.1 Å². The number of nitrogens with zero attached hydrogens (tertiary/aromatic N) is 2. The molecule has 0 saturated carbocycles. The third-order valence-corrected chi connectivity index (χ3v) is 6.83. The van der Waals surface area contributed by atoms with Crippen molar-refractivity contribution in [2.24, 2.45) is 0 Å². The van der Waals surface area contributed by atoms with Crippen LogP contribution in [0.25, 0.3) is 0 Å². The maximum absolute atomic E-state index is 13.2. The molecule has 3 N–H and O–H groups in total. The molecule has 3 aromatic rings. The first-order valence-corrected chi connectivity index (χ1v) is 12.6. The van der Waals surface area contributed by atoms with Crippen molar-refractivity contribution in [2.75, 3.05) is 25.0 Å². The highest BCUT2D eigenvalue weighted by atomic mass is 35.5. The van der Waals surface area contributed by atoms with Gasteiger partial charge in [0.1, 0.15) is 11.5 Å². The predicted molar refractivity (Wildman–Crippen MR) is 140 cm³/mol. The van der Waals surface area contributed by atoms with E-state index in [0.29, 0.717) is 23.8 Å². The summed E-state index contributed by atoms with van der Waals surface area (Å²) in [5, 5.41) is 5.65. The van der Waals surface area contributed by atoms with Crippen LogP contribution in [0.1, 0.15) is 63.1 Å². The number of rotatable bonds is 9.